The Morgan fingerprint density at radius 3 is 2.40 bits per heavy atom. The second-order valence-corrected chi connectivity index (χ2v) is 7.61. The second-order valence-electron chi connectivity index (χ2n) is 7.61. The Kier molecular flexibility index (Phi) is 9.39. The van der Waals surface area contributed by atoms with Crippen LogP contribution in [-0.2, 0) is 0 Å². The lowest BCUT2D eigenvalue weighted by Gasteiger charge is -2.20. The lowest BCUT2D eigenvalue weighted by Crippen LogP contribution is -2.21. The first kappa shape index (κ1) is 23.5. The fraction of sp³-hybridized carbons (Fsp3) is 0.440. The maximum atomic E-state index is 11.2. The zero-order valence-corrected chi connectivity index (χ0v) is 18.7. The van der Waals surface area contributed by atoms with E-state index in [2.05, 4.69) is 74.3 Å². The van der Waals surface area contributed by atoms with Crippen LogP contribution >= 0.6 is 0 Å². The number of anilines is 2. The highest BCUT2D eigenvalue weighted by Crippen LogP contribution is 2.31. The van der Waals surface area contributed by atoms with Crippen molar-refractivity contribution in [2.24, 2.45) is 0 Å². The number of nitrogens with one attached hydrogen (secondary N) is 1. The molecule has 0 fully saturated rings. The van der Waals surface area contributed by atoms with E-state index in [4.69, 9.17) is 0 Å². The smallest absolute Gasteiger partial charge is 0.269 e. The van der Waals surface area contributed by atoms with Crippen LogP contribution in [0.4, 0.5) is 17.1 Å². The predicted octanol–water partition coefficient (Wildman–Crippen LogP) is 6.86. The van der Waals surface area contributed by atoms with Gasteiger partial charge in [-0.2, -0.15) is 0 Å². The summed E-state index contributed by atoms with van der Waals surface area (Å²) in [5, 5.41) is 14.7. The van der Waals surface area contributed by atoms with Gasteiger partial charge in [-0.15, -0.1) is 0 Å². The van der Waals surface area contributed by atoms with Crippen molar-refractivity contribution >= 4 is 23.1 Å². The standard InChI is InChI=1S/C25H35N3O2/c1-5-8-18-26-25-17-16-23(28(29)30)19-24(25)20(4)10-9-11-21-12-14-22(15-13-21)27(6-2)7-3/h9,11-17,19-20,26H,5-8,10,18H2,1-4H3/b11-9+. The molecule has 162 valence electrons. The summed E-state index contributed by atoms with van der Waals surface area (Å²) in [6.45, 7) is 11.5. The van der Waals surface area contributed by atoms with Gasteiger partial charge in [-0.3, -0.25) is 10.1 Å². The molecule has 0 aliphatic carbocycles. The third-order valence-electron chi connectivity index (χ3n) is 5.44. The van der Waals surface area contributed by atoms with Gasteiger partial charge in [-0.05, 0) is 61.9 Å². The lowest BCUT2D eigenvalue weighted by molar-refractivity contribution is -0.384. The van der Waals surface area contributed by atoms with Gasteiger partial charge in [0.15, 0.2) is 0 Å². The zero-order chi connectivity index (χ0) is 21.9. The van der Waals surface area contributed by atoms with Crippen LogP contribution in [0.15, 0.2) is 48.5 Å². The molecule has 0 saturated heterocycles. The number of non-ortho nitro benzene ring substituents is 1. The molecule has 2 aromatic rings. The van der Waals surface area contributed by atoms with Crippen LogP contribution in [0.3, 0.4) is 0 Å². The summed E-state index contributed by atoms with van der Waals surface area (Å²) < 4.78 is 0. The van der Waals surface area contributed by atoms with Crippen LogP contribution in [0, 0.1) is 10.1 Å². The van der Waals surface area contributed by atoms with E-state index < -0.39 is 0 Å². The van der Waals surface area contributed by atoms with Crippen molar-refractivity contribution in [3.8, 4) is 0 Å². The molecule has 30 heavy (non-hydrogen) atoms. The first-order chi connectivity index (χ1) is 14.5. The predicted molar refractivity (Wildman–Crippen MR) is 129 cm³/mol. The number of allylic oxidation sites excluding steroid dienone is 1. The van der Waals surface area contributed by atoms with Gasteiger partial charge in [0.05, 0.1) is 4.92 Å². The Hall–Kier alpha value is -2.82. The lowest BCUT2D eigenvalue weighted by atomic mass is 9.94. The molecule has 5 heteroatoms. The Morgan fingerprint density at radius 2 is 1.80 bits per heavy atom. The van der Waals surface area contributed by atoms with E-state index in [-0.39, 0.29) is 16.5 Å². The summed E-state index contributed by atoms with van der Waals surface area (Å²) in [6, 6.07) is 13.7. The topological polar surface area (TPSA) is 58.4 Å². The van der Waals surface area contributed by atoms with Crippen LogP contribution in [0.25, 0.3) is 6.08 Å². The van der Waals surface area contributed by atoms with Crippen LogP contribution in [0.2, 0.25) is 0 Å². The summed E-state index contributed by atoms with van der Waals surface area (Å²) in [6.07, 6.45) is 7.30. The number of benzene rings is 2. The number of nitrogens with zero attached hydrogens (tertiary/aromatic N) is 2. The number of nitro groups is 1. The minimum absolute atomic E-state index is 0.147. The average molecular weight is 410 g/mol. The quantitative estimate of drug-likeness (QED) is 0.236. The van der Waals surface area contributed by atoms with Crippen molar-refractivity contribution in [3.05, 3.63) is 69.8 Å². The normalized spacial score (nSPS) is 12.1. The first-order valence-corrected chi connectivity index (χ1v) is 11.0. The largest absolute Gasteiger partial charge is 0.385 e. The highest BCUT2D eigenvalue weighted by Gasteiger charge is 2.15. The molecule has 0 aromatic heterocycles. The van der Waals surface area contributed by atoms with Gasteiger partial charge in [0.2, 0.25) is 0 Å². The number of hydrogen-bond acceptors (Lipinski definition) is 4. The Balaban J connectivity index is 2.09. The summed E-state index contributed by atoms with van der Waals surface area (Å²) in [5.41, 5.74) is 4.55. The molecule has 2 aromatic carbocycles. The fourth-order valence-corrected chi connectivity index (χ4v) is 3.55. The molecule has 0 spiro atoms. The van der Waals surface area contributed by atoms with Crippen molar-refractivity contribution in [2.45, 2.75) is 52.9 Å². The summed E-state index contributed by atoms with van der Waals surface area (Å²) >= 11 is 0. The molecule has 1 atom stereocenters. The molecule has 1 unspecified atom stereocenters. The van der Waals surface area contributed by atoms with E-state index in [0.29, 0.717) is 0 Å². The maximum Gasteiger partial charge on any atom is 0.269 e. The zero-order valence-electron chi connectivity index (χ0n) is 18.7. The van der Waals surface area contributed by atoms with Crippen LogP contribution in [0.5, 0.6) is 0 Å². The summed E-state index contributed by atoms with van der Waals surface area (Å²) in [5.74, 6) is 0.181. The van der Waals surface area contributed by atoms with Gasteiger partial charge in [-0.1, -0.05) is 44.6 Å². The maximum absolute atomic E-state index is 11.2. The van der Waals surface area contributed by atoms with Gasteiger partial charge < -0.3 is 10.2 Å². The molecule has 1 N–H and O–H groups in total. The minimum atomic E-state index is -0.320. The number of hydrogen-bond donors (Lipinski definition) is 1. The van der Waals surface area contributed by atoms with Crippen molar-refractivity contribution < 1.29 is 4.92 Å². The van der Waals surface area contributed by atoms with E-state index in [1.165, 1.54) is 11.3 Å². The molecule has 0 aliphatic rings. The molecule has 0 saturated carbocycles. The van der Waals surface area contributed by atoms with Crippen molar-refractivity contribution in [2.75, 3.05) is 29.9 Å². The minimum Gasteiger partial charge on any atom is -0.385 e. The third kappa shape index (κ3) is 6.61. The Bertz CT molecular complexity index is 827. The SMILES string of the molecule is CCCCNc1ccc([N+](=O)[O-])cc1C(C)C/C=C/c1ccc(N(CC)CC)cc1. The molecular weight excluding hydrogens is 374 g/mol. The molecule has 0 aliphatic heterocycles. The van der Waals surface area contributed by atoms with Crippen molar-refractivity contribution in [1.29, 1.82) is 0 Å². The van der Waals surface area contributed by atoms with E-state index in [1.54, 1.807) is 12.1 Å². The average Bonchev–Trinajstić information content (AvgIpc) is 2.75. The van der Waals surface area contributed by atoms with E-state index >= 15 is 0 Å². The van der Waals surface area contributed by atoms with Crippen LogP contribution in [-0.4, -0.2) is 24.6 Å². The molecule has 0 radical (unpaired) electrons. The molecular formula is C25H35N3O2. The molecule has 5 nitrogen and oxygen atoms in total. The number of rotatable bonds is 12. The van der Waals surface area contributed by atoms with Gasteiger partial charge >= 0.3 is 0 Å². The van der Waals surface area contributed by atoms with Gasteiger partial charge in [-0.25, -0.2) is 0 Å². The van der Waals surface area contributed by atoms with Gasteiger partial charge in [0, 0.05) is 43.1 Å². The summed E-state index contributed by atoms with van der Waals surface area (Å²) in [7, 11) is 0. The van der Waals surface area contributed by atoms with E-state index in [9.17, 15) is 10.1 Å². The highest BCUT2D eigenvalue weighted by atomic mass is 16.6. The second kappa shape index (κ2) is 12.0. The molecule has 0 bridgehead atoms. The molecule has 0 amide bonds. The van der Waals surface area contributed by atoms with Crippen molar-refractivity contribution in [1.82, 2.24) is 0 Å². The third-order valence-corrected chi connectivity index (χ3v) is 5.44. The fourth-order valence-electron chi connectivity index (χ4n) is 3.55. The Labute approximate surface area is 181 Å². The highest BCUT2D eigenvalue weighted by molar-refractivity contribution is 5.59. The van der Waals surface area contributed by atoms with Crippen molar-refractivity contribution in [3.63, 3.8) is 0 Å². The first-order valence-electron chi connectivity index (χ1n) is 11.0. The number of nitro benzene ring substituents is 1. The van der Waals surface area contributed by atoms with E-state index in [1.807, 2.05) is 6.07 Å². The molecule has 2 rings (SSSR count). The molecule has 0 heterocycles. The monoisotopic (exact) mass is 409 g/mol. The van der Waals surface area contributed by atoms with Crippen LogP contribution in [0.1, 0.15) is 64.0 Å². The van der Waals surface area contributed by atoms with Crippen LogP contribution < -0.4 is 10.2 Å². The summed E-state index contributed by atoms with van der Waals surface area (Å²) in [4.78, 5) is 13.2. The number of unbranched alkanes of at least 4 members (excludes halogenated alkanes) is 1. The van der Waals surface area contributed by atoms with E-state index in [0.717, 1.165) is 50.1 Å². The van der Waals surface area contributed by atoms with Gasteiger partial charge in [0.25, 0.3) is 5.69 Å². The van der Waals surface area contributed by atoms with Gasteiger partial charge in [0.1, 0.15) is 0 Å². The Morgan fingerprint density at radius 1 is 1.10 bits per heavy atom.